The van der Waals surface area contributed by atoms with Gasteiger partial charge in [0.1, 0.15) is 5.69 Å². The van der Waals surface area contributed by atoms with Crippen molar-refractivity contribution in [3.05, 3.63) is 45.2 Å². The van der Waals surface area contributed by atoms with Gasteiger partial charge in [0, 0.05) is 20.9 Å². The Hall–Kier alpha value is -0.0231. The van der Waals surface area contributed by atoms with Crippen LogP contribution in [0.15, 0.2) is 18.3 Å². The lowest BCUT2D eigenvalue weighted by molar-refractivity contribution is -0.137. The topological polar surface area (TPSA) is 17.8 Å². The zero-order valence-corrected chi connectivity index (χ0v) is 24.7. The van der Waals surface area contributed by atoms with Crippen LogP contribution in [0, 0.1) is 0 Å². The molecule has 1 aromatic heterocycles. The van der Waals surface area contributed by atoms with Crippen LogP contribution in [-0.2, 0) is 6.18 Å². The van der Waals surface area contributed by atoms with Gasteiger partial charge >= 0.3 is 6.18 Å². The minimum atomic E-state index is -4.51. The molecule has 1 atom stereocenters. The van der Waals surface area contributed by atoms with E-state index in [1.807, 2.05) is 13.8 Å². The first-order valence-corrected chi connectivity index (χ1v) is 15.6. The van der Waals surface area contributed by atoms with Gasteiger partial charge < -0.3 is 0 Å². The Labute approximate surface area is 217 Å². The first-order chi connectivity index (χ1) is 14.8. The van der Waals surface area contributed by atoms with Crippen molar-refractivity contribution in [1.29, 1.82) is 0 Å². The predicted molar refractivity (Wildman–Crippen MR) is 139 cm³/mol. The maximum absolute atomic E-state index is 12.9. The first kappa shape index (κ1) is 28.2. The van der Waals surface area contributed by atoms with E-state index >= 15 is 0 Å². The lowest BCUT2D eigenvalue weighted by atomic mass is 10.0. The van der Waals surface area contributed by atoms with Crippen LogP contribution < -0.4 is 0 Å². The Kier molecular flexibility index (Phi) is 9.83. The van der Waals surface area contributed by atoms with Gasteiger partial charge in [0.05, 0.1) is 24.5 Å². The van der Waals surface area contributed by atoms with Gasteiger partial charge in [0.25, 0.3) is 0 Å². The highest BCUT2D eigenvalue weighted by Gasteiger charge is 2.52. The monoisotopic (exact) mass is 634 g/mol. The van der Waals surface area contributed by atoms with Gasteiger partial charge in [-0.25, -0.2) is 4.68 Å². The van der Waals surface area contributed by atoms with Crippen molar-refractivity contribution in [2.45, 2.75) is 80.4 Å². The largest absolute Gasteiger partial charge is 0.416 e. The SMILES string of the molecule is CC(C)c1nn(-c2c(Cl)cc(C(F)(F)F)cc2Cl)cc1C1CC1(Br)Br.CC[SiH](CC)CC. The third kappa shape index (κ3) is 6.77. The third-order valence-corrected chi connectivity index (χ3v) is 11.6. The molecule has 0 saturated heterocycles. The van der Waals surface area contributed by atoms with Crippen molar-refractivity contribution in [1.82, 2.24) is 9.78 Å². The number of halogens is 7. The molecule has 10 heteroatoms. The van der Waals surface area contributed by atoms with Crippen LogP contribution in [-0.4, -0.2) is 21.8 Å². The van der Waals surface area contributed by atoms with Crippen LogP contribution >= 0.6 is 55.1 Å². The summed E-state index contributed by atoms with van der Waals surface area (Å²) in [6.07, 6.45) is -1.82. The Morgan fingerprint density at radius 3 is 1.91 bits per heavy atom. The van der Waals surface area contributed by atoms with Gasteiger partial charge in [-0.15, -0.1) is 0 Å². The van der Waals surface area contributed by atoms with Gasteiger partial charge in [-0.05, 0) is 30.0 Å². The van der Waals surface area contributed by atoms with Crippen LogP contribution in [0.4, 0.5) is 13.2 Å². The minimum absolute atomic E-state index is 0.0936. The molecule has 2 aromatic rings. The smallest absolute Gasteiger partial charge is 0.237 e. The number of alkyl halides is 5. The van der Waals surface area contributed by atoms with E-state index in [0.717, 1.165) is 29.8 Å². The normalized spacial score (nSPS) is 17.5. The standard InChI is InChI=1S/C16H13Br2Cl2F3N2.C6H16Si/c1-7(2)13-9(10-5-15(10,17)18)6-25(24-13)14-11(19)3-8(4-12(14)20)16(21,22)23;1-4-7(5-2)6-3/h3-4,6-7,10H,5H2,1-2H3;7H,4-6H2,1-3H3. The molecule has 1 heterocycles. The molecule has 0 N–H and O–H groups in total. The highest BCUT2D eigenvalue weighted by Crippen LogP contribution is 2.63. The number of hydrogen-bond donors (Lipinski definition) is 0. The summed E-state index contributed by atoms with van der Waals surface area (Å²) in [6.45, 7) is 11.0. The second kappa shape index (κ2) is 11.1. The van der Waals surface area contributed by atoms with E-state index in [0.29, 0.717) is 0 Å². The van der Waals surface area contributed by atoms with Gasteiger partial charge in [-0.3, -0.25) is 0 Å². The number of benzene rings is 1. The molecule has 1 fully saturated rings. The number of aromatic nitrogens is 2. The Morgan fingerprint density at radius 1 is 1.12 bits per heavy atom. The van der Waals surface area contributed by atoms with Crippen LogP contribution in [0.5, 0.6) is 0 Å². The zero-order valence-electron chi connectivity index (χ0n) is 18.8. The van der Waals surface area contributed by atoms with Crippen molar-refractivity contribution in [2.24, 2.45) is 0 Å². The van der Waals surface area contributed by atoms with Crippen molar-refractivity contribution in [3.63, 3.8) is 0 Å². The molecule has 0 amide bonds. The molecule has 1 aliphatic carbocycles. The Bertz CT molecular complexity index is 900. The molecule has 0 spiro atoms. The summed E-state index contributed by atoms with van der Waals surface area (Å²) in [5.41, 5.74) is 1.26. The van der Waals surface area contributed by atoms with Gasteiger partial charge in [0.2, 0.25) is 0 Å². The summed E-state index contributed by atoms with van der Waals surface area (Å²) >= 11 is 19.4. The van der Waals surface area contributed by atoms with Crippen LogP contribution in [0.25, 0.3) is 5.69 Å². The maximum Gasteiger partial charge on any atom is 0.416 e. The molecule has 1 unspecified atom stereocenters. The summed E-state index contributed by atoms with van der Waals surface area (Å²) in [6, 6.07) is 6.22. The van der Waals surface area contributed by atoms with Crippen molar-refractivity contribution in [2.75, 3.05) is 0 Å². The lowest BCUT2D eigenvalue weighted by Crippen LogP contribution is -2.07. The summed E-state index contributed by atoms with van der Waals surface area (Å²) in [5, 5.41) is 4.36. The summed E-state index contributed by atoms with van der Waals surface area (Å²) in [7, 11) is -0.171. The first-order valence-electron chi connectivity index (χ1n) is 10.8. The number of rotatable bonds is 6. The molecule has 180 valence electrons. The number of hydrogen-bond acceptors (Lipinski definition) is 1. The fourth-order valence-corrected chi connectivity index (χ4v) is 7.13. The molecule has 1 aromatic carbocycles. The van der Waals surface area contributed by atoms with E-state index in [9.17, 15) is 13.2 Å². The minimum Gasteiger partial charge on any atom is -0.237 e. The van der Waals surface area contributed by atoms with Gasteiger partial charge in [-0.2, -0.15) is 18.3 Å². The summed E-state index contributed by atoms with van der Waals surface area (Å²) < 4.78 is 40.0. The molecule has 1 aliphatic rings. The fourth-order valence-electron chi connectivity index (χ4n) is 3.60. The fraction of sp³-hybridized carbons (Fsp3) is 0.591. The lowest BCUT2D eigenvalue weighted by Gasteiger charge is -2.12. The Balaban J connectivity index is 0.000000451. The molecular formula is C22H29Br2Cl2F3N2Si. The highest BCUT2D eigenvalue weighted by molar-refractivity contribution is 9.25. The van der Waals surface area contributed by atoms with Crippen molar-refractivity contribution >= 4 is 63.9 Å². The molecule has 32 heavy (non-hydrogen) atoms. The van der Waals surface area contributed by atoms with Gasteiger partial charge in [0.15, 0.2) is 0 Å². The molecular weight excluding hydrogens is 608 g/mol. The molecule has 0 aliphatic heterocycles. The number of nitrogens with zero attached hydrogens (tertiary/aromatic N) is 2. The zero-order chi connectivity index (χ0) is 24.4. The van der Waals surface area contributed by atoms with Crippen LogP contribution in [0.1, 0.15) is 69.7 Å². The van der Waals surface area contributed by atoms with E-state index in [2.05, 4.69) is 57.7 Å². The van der Waals surface area contributed by atoms with Crippen molar-refractivity contribution in [3.8, 4) is 5.69 Å². The highest BCUT2D eigenvalue weighted by atomic mass is 79.9. The van der Waals surface area contributed by atoms with E-state index in [1.165, 1.54) is 22.8 Å². The van der Waals surface area contributed by atoms with E-state index in [-0.39, 0.29) is 39.6 Å². The maximum atomic E-state index is 12.9. The third-order valence-electron chi connectivity index (χ3n) is 5.83. The van der Waals surface area contributed by atoms with E-state index in [4.69, 9.17) is 23.2 Å². The summed E-state index contributed by atoms with van der Waals surface area (Å²) in [5.74, 6) is 0.380. The van der Waals surface area contributed by atoms with Gasteiger partial charge in [-0.1, -0.05) is 108 Å². The van der Waals surface area contributed by atoms with Crippen molar-refractivity contribution < 1.29 is 13.2 Å². The molecule has 2 nitrogen and oxygen atoms in total. The van der Waals surface area contributed by atoms with Crippen LogP contribution in [0.3, 0.4) is 0 Å². The van der Waals surface area contributed by atoms with Crippen LogP contribution in [0.2, 0.25) is 28.2 Å². The van der Waals surface area contributed by atoms with E-state index < -0.39 is 11.7 Å². The molecule has 1 saturated carbocycles. The molecule has 0 bridgehead atoms. The predicted octanol–water partition coefficient (Wildman–Crippen LogP) is 9.57. The molecule has 0 radical (unpaired) electrons. The average Bonchev–Trinajstić information content (AvgIpc) is 3.10. The quantitative estimate of drug-likeness (QED) is 0.228. The Morgan fingerprint density at radius 2 is 1.59 bits per heavy atom. The van der Waals surface area contributed by atoms with E-state index in [1.54, 1.807) is 6.20 Å². The summed E-state index contributed by atoms with van der Waals surface area (Å²) in [4.78, 5) is 0. The molecule has 3 rings (SSSR count). The average molecular weight is 637 g/mol. The second-order valence-electron chi connectivity index (χ2n) is 8.46. The second-order valence-corrected chi connectivity index (χ2v) is 17.4.